The topological polar surface area (TPSA) is 29.5 Å². The quantitative estimate of drug-likeness (QED) is 0.627. The Bertz CT molecular complexity index is 104. The Hall–Kier alpha value is 0.270. The van der Waals surface area contributed by atoms with Crippen LogP contribution in [0.15, 0.2) is 0 Å². The van der Waals surface area contributed by atoms with Crippen LogP contribution in [0.1, 0.15) is 26.7 Å². The smallest absolute Gasteiger partial charge is 0.0814 e. The molecule has 3 heteroatoms. The zero-order valence-corrected chi connectivity index (χ0v) is 7.55. The number of hydrogen-bond acceptors (Lipinski definition) is 2. The molecule has 0 radical (unpaired) electrons. The van der Waals surface area contributed by atoms with E-state index in [1.54, 1.807) is 0 Å². The van der Waals surface area contributed by atoms with E-state index in [1.165, 1.54) is 0 Å². The summed E-state index contributed by atoms with van der Waals surface area (Å²) in [6, 6.07) is 0. The van der Waals surface area contributed by atoms with Crippen LogP contribution in [0.25, 0.3) is 0 Å². The monoisotopic (exact) mass is 164 g/mol. The van der Waals surface area contributed by atoms with E-state index in [4.69, 9.17) is 9.84 Å². The molecule has 1 fully saturated rings. The van der Waals surface area contributed by atoms with Crippen LogP contribution in [0.4, 0.5) is 0 Å². The van der Waals surface area contributed by atoms with Crippen LogP contribution in [0.3, 0.4) is 0 Å². The number of rotatable bonds is 1. The Morgan fingerprint density at radius 3 is 2.40 bits per heavy atom. The van der Waals surface area contributed by atoms with Gasteiger partial charge in [0.1, 0.15) is 0 Å². The average molecular weight is 164 g/mol. The predicted octanol–water partition coefficient (Wildman–Crippen LogP) is 1.05. The van der Waals surface area contributed by atoms with Crippen LogP contribution >= 0.6 is 13.5 Å². The lowest BCUT2D eigenvalue weighted by molar-refractivity contribution is -0.0370. The van der Waals surface area contributed by atoms with Crippen LogP contribution in [0, 0.1) is 0 Å². The summed E-state index contributed by atoms with van der Waals surface area (Å²) in [5, 5.41) is 8.67. The molecule has 1 saturated heterocycles. The highest BCUT2D eigenvalue weighted by Crippen LogP contribution is 2.28. The van der Waals surface area contributed by atoms with Gasteiger partial charge in [0.25, 0.3) is 0 Å². The maximum Gasteiger partial charge on any atom is 0.0814 e. The molecule has 0 bridgehead atoms. The van der Waals surface area contributed by atoms with E-state index in [0.29, 0.717) is 0 Å². The van der Waals surface area contributed by atoms with Crippen molar-refractivity contribution in [1.82, 2.24) is 0 Å². The lowest BCUT2D eigenvalue weighted by Gasteiger charge is -2.17. The zero-order chi connectivity index (χ0) is 6.91. The Morgan fingerprint density at radius 2 is 2.20 bits per heavy atom. The third kappa shape index (κ3) is 2.48. The summed E-state index contributed by atoms with van der Waals surface area (Å²) in [5.74, 6) is 0. The van der Waals surface area contributed by atoms with Crippen LogP contribution in [0.5, 0.6) is 0 Å². The molecule has 10 heavy (non-hydrogen) atoms. The Morgan fingerprint density at radius 1 is 1.60 bits per heavy atom. The normalized spacial score (nSPS) is 29.7. The average Bonchev–Trinajstić information content (AvgIpc) is 2.10. The molecular weight excluding hydrogens is 148 g/mol. The van der Waals surface area contributed by atoms with Crippen molar-refractivity contribution in [2.75, 3.05) is 6.61 Å². The summed E-state index contributed by atoms with van der Waals surface area (Å²) in [6.07, 6.45) is 2.17. The van der Waals surface area contributed by atoms with Gasteiger partial charge in [-0.15, -0.1) is 0 Å². The highest BCUT2D eigenvalue weighted by Gasteiger charge is 2.30. The number of aliphatic hydroxyl groups excluding tert-OH is 1. The molecule has 62 valence electrons. The van der Waals surface area contributed by atoms with Crippen molar-refractivity contribution >= 4 is 13.5 Å². The van der Waals surface area contributed by atoms with Crippen molar-refractivity contribution in [2.24, 2.45) is 0 Å². The third-order valence-corrected chi connectivity index (χ3v) is 1.76. The van der Waals surface area contributed by atoms with Gasteiger partial charge in [0.2, 0.25) is 0 Å². The summed E-state index contributed by atoms with van der Waals surface area (Å²) in [6.45, 7) is 4.29. The first-order chi connectivity index (χ1) is 4.14. The lowest BCUT2D eigenvalue weighted by atomic mass is 10.1. The van der Waals surface area contributed by atoms with Gasteiger partial charge in [-0.1, -0.05) is 0 Å². The lowest BCUT2D eigenvalue weighted by Crippen LogP contribution is -2.21. The first kappa shape index (κ1) is 10.3. The highest BCUT2D eigenvalue weighted by atomic mass is 32.1. The predicted molar refractivity (Wildman–Crippen MR) is 45.7 cm³/mol. The maximum atomic E-state index is 8.67. The summed E-state index contributed by atoms with van der Waals surface area (Å²) in [4.78, 5) is 0. The van der Waals surface area contributed by atoms with Crippen molar-refractivity contribution in [2.45, 2.75) is 38.4 Å². The van der Waals surface area contributed by atoms with Gasteiger partial charge in [0.15, 0.2) is 0 Å². The van der Waals surface area contributed by atoms with Crippen molar-refractivity contribution in [3.05, 3.63) is 0 Å². The summed E-state index contributed by atoms with van der Waals surface area (Å²) in [5.41, 5.74) is 0.00734. The second-order valence-electron chi connectivity index (χ2n) is 3.22. The molecule has 0 amide bonds. The molecule has 1 rings (SSSR count). The molecule has 0 aliphatic carbocycles. The van der Waals surface area contributed by atoms with Gasteiger partial charge < -0.3 is 9.84 Å². The molecule has 0 aromatic rings. The van der Waals surface area contributed by atoms with E-state index >= 15 is 0 Å². The largest absolute Gasteiger partial charge is 0.394 e. The summed E-state index contributed by atoms with van der Waals surface area (Å²) in [7, 11) is 0. The minimum Gasteiger partial charge on any atom is -0.394 e. The van der Waals surface area contributed by atoms with Gasteiger partial charge in [-0.2, -0.15) is 13.5 Å². The zero-order valence-electron chi connectivity index (χ0n) is 6.55. The molecule has 1 aliphatic heterocycles. The minimum atomic E-state index is 0. The Kier molecular flexibility index (Phi) is 3.70. The van der Waals surface area contributed by atoms with Gasteiger partial charge in [-0.25, -0.2) is 0 Å². The molecule has 1 atom stereocenters. The van der Waals surface area contributed by atoms with Crippen LogP contribution in [-0.2, 0) is 4.74 Å². The fourth-order valence-electron chi connectivity index (χ4n) is 1.21. The van der Waals surface area contributed by atoms with E-state index < -0.39 is 0 Å². The van der Waals surface area contributed by atoms with Gasteiger partial charge in [0.05, 0.1) is 18.3 Å². The molecule has 0 spiro atoms. The van der Waals surface area contributed by atoms with E-state index in [2.05, 4.69) is 13.8 Å². The fraction of sp³-hybridized carbons (Fsp3) is 1.00. The summed E-state index contributed by atoms with van der Waals surface area (Å²) < 4.78 is 5.45. The van der Waals surface area contributed by atoms with Crippen molar-refractivity contribution in [3.63, 3.8) is 0 Å². The maximum absolute atomic E-state index is 8.67. The molecule has 1 heterocycles. The van der Waals surface area contributed by atoms with Crippen molar-refractivity contribution in [3.8, 4) is 0 Å². The standard InChI is InChI=1S/C7H14O2.H2S/c1-7(2)4-3-6(5-8)9-7;/h6,8H,3-5H2,1-2H3;1H2/t6-;/m1./s1. The molecule has 1 N–H and O–H groups in total. The van der Waals surface area contributed by atoms with Crippen LogP contribution in [0.2, 0.25) is 0 Å². The van der Waals surface area contributed by atoms with Gasteiger partial charge in [-0.05, 0) is 26.7 Å². The first-order valence-corrected chi connectivity index (χ1v) is 3.43. The molecular formula is C7H16O2S. The SMILES string of the molecule is CC1(C)CC[C@H](CO)O1.S. The second kappa shape index (κ2) is 3.60. The number of ether oxygens (including phenoxy) is 1. The molecule has 0 aromatic heterocycles. The highest BCUT2D eigenvalue weighted by molar-refractivity contribution is 7.59. The van der Waals surface area contributed by atoms with Gasteiger partial charge >= 0.3 is 0 Å². The van der Waals surface area contributed by atoms with Gasteiger partial charge in [-0.3, -0.25) is 0 Å². The second-order valence-corrected chi connectivity index (χ2v) is 3.22. The van der Waals surface area contributed by atoms with E-state index in [0.717, 1.165) is 12.8 Å². The molecule has 0 unspecified atom stereocenters. The minimum absolute atomic E-state index is 0. The summed E-state index contributed by atoms with van der Waals surface area (Å²) >= 11 is 0. The molecule has 0 saturated carbocycles. The molecule has 2 nitrogen and oxygen atoms in total. The third-order valence-electron chi connectivity index (χ3n) is 1.76. The molecule has 0 aromatic carbocycles. The first-order valence-electron chi connectivity index (χ1n) is 3.43. The van der Waals surface area contributed by atoms with E-state index in [1.807, 2.05) is 0 Å². The number of aliphatic hydroxyl groups is 1. The Labute approximate surface area is 69.0 Å². The fourth-order valence-corrected chi connectivity index (χ4v) is 1.21. The Balaban J connectivity index is 0.000000810. The van der Waals surface area contributed by atoms with Crippen LogP contribution < -0.4 is 0 Å². The van der Waals surface area contributed by atoms with Crippen LogP contribution in [-0.4, -0.2) is 23.4 Å². The van der Waals surface area contributed by atoms with Crippen molar-refractivity contribution in [1.29, 1.82) is 0 Å². The van der Waals surface area contributed by atoms with E-state index in [9.17, 15) is 0 Å². The molecule has 1 aliphatic rings. The van der Waals surface area contributed by atoms with E-state index in [-0.39, 0.29) is 31.8 Å². The van der Waals surface area contributed by atoms with Gasteiger partial charge in [0, 0.05) is 0 Å². The number of hydrogen-bond donors (Lipinski definition) is 1. The van der Waals surface area contributed by atoms with Crippen molar-refractivity contribution < 1.29 is 9.84 Å².